The Morgan fingerprint density at radius 2 is 1.95 bits per heavy atom. The number of halogens is 2. The van der Waals surface area contributed by atoms with E-state index in [1.165, 1.54) is 41.6 Å². The van der Waals surface area contributed by atoms with Crippen molar-refractivity contribution >= 4 is 48.5 Å². The predicted molar refractivity (Wildman–Crippen MR) is 92.6 cm³/mol. The number of aryl methyl sites for hydroxylation is 1. The molecule has 0 atom stereocenters. The van der Waals surface area contributed by atoms with E-state index in [0.29, 0.717) is 0 Å². The molecule has 4 heteroatoms. The molecule has 0 aliphatic heterocycles. The molecule has 0 saturated carbocycles. The van der Waals surface area contributed by atoms with E-state index < -0.39 is 0 Å². The molecule has 1 aromatic carbocycles. The van der Waals surface area contributed by atoms with Gasteiger partial charge in [0.15, 0.2) is 0 Å². The van der Waals surface area contributed by atoms with Crippen molar-refractivity contribution in [2.75, 3.05) is 11.9 Å². The molecule has 0 spiro atoms. The van der Waals surface area contributed by atoms with Crippen molar-refractivity contribution in [3.05, 3.63) is 32.3 Å². The summed E-state index contributed by atoms with van der Waals surface area (Å²) < 4.78 is 2.15. The van der Waals surface area contributed by atoms with Crippen molar-refractivity contribution in [3.8, 4) is 0 Å². The zero-order chi connectivity index (χ0) is 14.1. The molecular formula is C16H18Br2N2. The molecule has 3 rings (SSSR count). The molecule has 0 radical (unpaired) electrons. The van der Waals surface area contributed by atoms with Crippen molar-refractivity contribution in [1.29, 1.82) is 0 Å². The third-order valence-electron chi connectivity index (χ3n) is 3.89. The summed E-state index contributed by atoms with van der Waals surface area (Å²) in [7, 11) is 0. The highest BCUT2D eigenvalue weighted by molar-refractivity contribution is 9.11. The Morgan fingerprint density at radius 3 is 2.75 bits per heavy atom. The number of pyridine rings is 1. The fraction of sp³-hybridized carbons (Fsp3) is 0.438. The summed E-state index contributed by atoms with van der Waals surface area (Å²) in [5.41, 5.74) is 5.08. The first-order chi connectivity index (χ1) is 9.70. The zero-order valence-electron chi connectivity index (χ0n) is 11.6. The Hall–Kier alpha value is -0.610. The Labute approximate surface area is 136 Å². The first kappa shape index (κ1) is 14.3. The van der Waals surface area contributed by atoms with Gasteiger partial charge in [0.2, 0.25) is 0 Å². The second kappa shape index (κ2) is 6.02. The number of benzene rings is 1. The minimum atomic E-state index is 0.940. The summed E-state index contributed by atoms with van der Waals surface area (Å²) in [4.78, 5) is 4.95. The van der Waals surface area contributed by atoms with Crippen LogP contribution in [-0.4, -0.2) is 11.5 Å². The topological polar surface area (TPSA) is 24.9 Å². The average molecular weight is 398 g/mol. The maximum Gasteiger partial charge on any atom is 0.0869 e. The fourth-order valence-corrected chi connectivity index (χ4v) is 4.32. The average Bonchev–Trinajstić information content (AvgIpc) is 2.65. The van der Waals surface area contributed by atoms with Gasteiger partial charge in [-0.3, -0.25) is 4.98 Å². The van der Waals surface area contributed by atoms with Crippen molar-refractivity contribution in [2.45, 2.75) is 39.0 Å². The van der Waals surface area contributed by atoms with Gasteiger partial charge in [0, 0.05) is 32.3 Å². The van der Waals surface area contributed by atoms with Gasteiger partial charge in [-0.15, -0.1) is 0 Å². The number of aromatic nitrogens is 1. The van der Waals surface area contributed by atoms with Gasteiger partial charge in [-0.05, 0) is 66.2 Å². The van der Waals surface area contributed by atoms with Crippen LogP contribution in [0.25, 0.3) is 10.9 Å². The van der Waals surface area contributed by atoms with Gasteiger partial charge in [-0.1, -0.05) is 22.4 Å². The highest BCUT2D eigenvalue weighted by atomic mass is 79.9. The van der Waals surface area contributed by atoms with Crippen LogP contribution in [0.5, 0.6) is 0 Å². The van der Waals surface area contributed by atoms with Gasteiger partial charge in [0.1, 0.15) is 0 Å². The van der Waals surface area contributed by atoms with Crippen LogP contribution < -0.4 is 5.32 Å². The Kier molecular flexibility index (Phi) is 4.32. The van der Waals surface area contributed by atoms with Crippen LogP contribution >= 0.6 is 31.9 Å². The molecule has 0 unspecified atom stereocenters. The smallest absolute Gasteiger partial charge is 0.0869 e. The molecule has 1 heterocycles. The van der Waals surface area contributed by atoms with E-state index in [1.807, 2.05) is 0 Å². The number of nitrogens with zero attached hydrogens (tertiary/aromatic N) is 1. The van der Waals surface area contributed by atoms with E-state index in [9.17, 15) is 0 Å². The highest BCUT2D eigenvalue weighted by Crippen LogP contribution is 2.37. The molecular weight excluding hydrogens is 380 g/mol. The van der Waals surface area contributed by atoms with Gasteiger partial charge in [0.05, 0.1) is 5.52 Å². The molecule has 2 nitrogen and oxygen atoms in total. The monoisotopic (exact) mass is 396 g/mol. The van der Waals surface area contributed by atoms with E-state index >= 15 is 0 Å². The lowest BCUT2D eigenvalue weighted by atomic mass is 10.0. The van der Waals surface area contributed by atoms with Gasteiger partial charge in [0.25, 0.3) is 0 Å². The number of hydrogen-bond donors (Lipinski definition) is 1. The minimum absolute atomic E-state index is 0.940. The summed E-state index contributed by atoms with van der Waals surface area (Å²) in [6.45, 7) is 3.10. The SMILES string of the molecule is CCNc1c2c(nc3c(Br)cc(Br)cc13)CCCCC2. The third kappa shape index (κ3) is 2.60. The molecule has 106 valence electrons. The van der Waals surface area contributed by atoms with Crippen molar-refractivity contribution in [3.63, 3.8) is 0 Å². The van der Waals surface area contributed by atoms with Crippen LogP contribution in [0.3, 0.4) is 0 Å². The number of anilines is 1. The fourth-order valence-electron chi connectivity index (χ4n) is 3.01. The van der Waals surface area contributed by atoms with Crippen molar-refractivity contribution < 1.29 is 0 Å². The summed E-state index contributed by atoms with van der Waals surface area (Å²) in [5, 5.41) is 4.80. The van der Waals surface area contributed by atoms with Crippen LogP contribution in [0.2, 0.25) is 0 Å². The molecule has 0 bridgehead atoms. The van der Waals surface area contributed by atoms with Crippen LogP contribution in [0.15, 0.2) is 21.1 Å². The molecule has 1 N–H and O–H groups in total. The summed E-state index contributed by atoms with van der Waals surface area (Å²) >= 11 is 7.25. The number of nitrogens with one attached hydrogen (secondary N) is 1. The maximum atomic E-state index is 4.95. The first-order valence-corrected chi connectivity index (χ1v) is 8.83. The van der Waals surface area contributed by atoms with Crippen molar-refractivity contribution in [1.82, 2.24) is 4.98 Å². The Balaban J connectivity index is 2.33. The second-order valence-corrected chi connectivity index (χ2v) is 7.06. The van der Waals surface area contributed by atoms with Crippen molar-refractivity contribution in [2.24, 2.45) is 0 Å². The largest absolute Gasteiger partial charge is 0.384 e. The van der Waals surface area contributed by atoms with Gasteiger partial charge >= 0.3 is 0 Å². The number of fused-ring (bicyclic) bond motifs is 2. The molecule has 0 fully saturated rings. The Morgan fingerprint density at radius 1 is 1.15 bits per heavy atom. The lowest BCUT2D eigenvalue weighted by molar-refractivity contribution is 0.709. The lowest BCUT2D eigenvalue weighted by Crippen LogP contribution is -2.06. The molecule has 2 aromatic rings. The van der Waals surface area contributed by atoms with Crippen LogP contribution in [0.1, 0.15) is 37.4 Å². The lowest BCUT2D eigenvalue weighted by Gasteiger charge is -2.17. The first-order valence-electron chi connectivity index (χ1n) is 7.25. The van der Waals surface area contributed by atoms with E-state index in [-0.39, 0.29) is 0 Å². The summed E-state index contributed by atoms with van der Waals surface area (Å²) in [6.07, 6.45) is 6.08. The quantitative estimate of drug-likeness (QED) is 0.680. The van der Waals surface area contributed by atoms with Crippen LogP contribution in [-0.2, 0) is 12.8 Å². The molecule has 1 aromatic heterocycles. The highest BCUT2D eigenvalue weighted by Gasteiger charge is 2.18. The molecule has 0 amide bonds. The van der Waals surface area contributed by atoms with Gasteiger partial charge in [-0.25, -0.2) is 0 Å². The van der Waals surface area contributed by atoms with Gasteiger partial charge in [-0.2, -0.15) is 0 Å². The summed E-state index contributed by atoms with van der Waals surface area (Å²) in [5.74, 6) is 0. The predicted octanol–water partition coefficient (Wildman–Crippen LogP) is 5.46. The van der Waals surface area contributed by atoms with Crippen LogP contribution in [0, 0.1) is 0 Å². The van der Waals surface area contributed by atoms with Crippen LogP contribution in [0.4, 0.5) is 5.69 Å². The Bertz CT molecular complexity index is 653. The number of hydrogen-bond acceptors (Lipinski definition) is 2. The normalized spacial score (nSPS) is 14.9. The zero-order valence-corrected chi connectivity index (χ0v) is 14.8. The van der Waals surface area contributed by atoms with E-state index in [2.05, 4.69) is 56.2 Å². The minimum Gasteiger partial charge on any atom is -0.384 e. The standard InChI is InChI=1S/C16H18Br2N2/c1-2-19-15-11-6-4-3-5-7-14(11)20-16-12(15)8-10(17)9-13(16)18/h8-9H,2-7H2,1H3,(H,19,20). The molecule has 1 aliphatic carbocycles. The molecule has 20 heavy (non-hydrogen) atoms. The van der Waals surface area contributed by atoms with E-state index in [1.54, 1.807) is 0 Å². The number of rotatable bonds is 2. The van der Waals surface area contributed by atoms with E-state index in [0.717, 1.165) is 33.8 Å². The molecule has 0 saturated heterocycles. The van der Waals surface area contributed by atoms with E-state index in [4.69, 9.17) is 4.98 Å². The summed E-state index contributed by atoms with van der Waals surface area (Å²) in [6, 6.07) is 4.25. The van der Waals surface area contributed by atoms with Gasteiger partial charge < -0.3 is 5.32 Å². The molecule has 1 aliphatic rings. The maximum absolute atomic E-state index is 4.95. The second-order valence-electron chi connectivity index (χ2n) is 5.29. The third-order valence-corrected chi connectivity index (χ3v) is 4.95.